The van der Waals surface area contributed by atoms with Crippen molar-refractivity contribution in [1.82, 2.24) is 5.32 Å². The average molecular weight is 309 g/mol. The highest BCUT2D eigenvalue weighted by Gasteiger charge is 2.13. The van der Waals surface area contributed by atoms with Crippen LogP contribution in [0.5, 0.6) is 0 Å². The van der Waals surface area contributed by atoms with Crippen LogP contribution in [0.3, 0.4) is 0 Å². The summed E-state index contributed by atoms with van der Waals surface area (Å²) in [6.45, 7) is 1.95. The molecule has 2 aromatic rings. The van der Waals surface area contributed by atoms with Gasteiger partial charge in [-0.2, -0.15) is 0 Å². The number of thiophene rings is 1. The molecule has 2 rings (SSSR count). The van der Waals surface area contributed by atoms with Crippen LogP contribution in [0.15, 0.2) is 36.4 Å². The van der Waals surface area contributed by atoms with Gasteiger partial charge >= 0.3 is 0 Å². The van der Waals surface area contributed by atoms with E-state index in [0.717, 1.165) is 14.9 Å². The molecule has 0 radical (unpaired) electrons. The zero-order chi connectivity index (χ0) is 14.7. The smallest absolute Gasteiger partial charge is 0.251 e. The van der Waals surface area contributed by atoms with Crippen LogP contribution in [-0.4, -0.2) is 20.0 Å². The van der Waals surface area contributed by atoms with Crippen molar-refractivity contribution in [1.29, 1.82) is 0 Å². The van der Waals surface area contributed by atoms with Crippen LogP contribution in [-0.2, 0) is 0 Å². The Kier molecular flexibility index (Phi) is 4.68. The average Bonchev–Trinajstić information content (AvgIpc) is 2.85. The molecular formula is C15H17ClN2OS. The van der Waals surface area contributed by atoms with E-state index in [1.807, 2.05) is 62.3 Å². The monoisotopic (exact) mass is 308 g/mol. The molecule has 5 heteroatoms. The predicted molar refractivity (Wildman–Crippen MR) is 86.0 cm³/mol. The molecule has 1 amide bonds. The minimum atomic E-state index is -0.0780. The first-order valence-electron chi connectivity index (χ1n) is 6.31. The first kappa shape index (κ1) is 14.9. The fourth-order valence-electron chi connectivity index (χ4n) is 1.84. The second-order valence-corrected chi connectivity index (χ2v) is 6.53. The lowest BCUT2D eigenvalue weighted by atomic mass is 10.1. The van der Waals surface area contributed by atoms with E-state index in [1.165, 1.54) is 11.3 Å². The fraction of sp³-hybridized carbons (Fsp3) is 0.267. The summed E-state index contributed by atoms with van der Waals surface area (Å²) in [6, 6.07) is 11.3. The van der Waals surface area contributed by atoms with Gasteiger partial charge in [0.25, 0.3) is 5.91 Å². The van der Waals surface area contributed by atoms with Gasteiger partial charge in [-0.1, -0.05) is 17.7 Å². The van der Waals surface area contributed by atoms with Crippen molar-refractivity contribution in [3.8, 4) is 0 Å². The van der Waals surface area contributed by atoms with E-state index >= 15 is 0 Å². The second kappa shape index (κ2) is 6.29. The minimum absolute atomic E-state index is 0.0528. The minimum Gasteiger partial charge on any atom is -0.378 e. The van der Waals surface area contributed by atoms with Crippen LogP contribution in [0, 0.1) is 0 Å². The van der Waals surface area contributed by atoms with E-state index in [9.17, 15) is 4.79 Å². The van der Waals surface area contributed by atoms with Crippen molar-refractivity contribution in [3.05, 3.63) is 51.2 Å². The van der Waals surface area contributed by atoms with E-state index in [4.69, 9.17) is 11.6 Å². The SMILES string of the molecule is C[C@H](NC(=O)c1cccc(N(C)C)c1)c1ccc(Cl)s1. The molecule has 0 fully saturated rings. The molecule has 1 heterocycles. The molecule has 0 aliphatic rings. The summed E-state index contributed by atoms with van der Waals surface area (Å²) < 4.78 is 0.732. The van der Waals surface area contributed by atoms with Crippen molar-refractivity contribution in [2.75, 3.05) is 19.0 Å². The summed E-state index contributed by atoms with van der Waals surface area (Å²) in [5, 5.41) is 2.99. The number of nitrogens with one attached hydrogen (secondary N) is 1. The molecule has 1 aromatic carbocycles. The second-order valence-electron chi connectivity index (χ2n) is 4.78. The van der Waals surface area contributed by atoms with Crippen molar-refractivity contribution < 1.29 is 4.79 Å². The highest BCUT2D eigenvalue weighted by molar-refractivity contribution is 7.16. The number of anilines is 1. The highest BCUT2D eigenvalue weighted by Crippen LogP contribution is 2.26. The molecule has 1 atom stereocenters. The molecule has 20 heavy (non-hydrogen) atoms. The zero-order valence-corrected chi connectivity index (χ0v) is 13.3. The Morgan fingerprint density at radius 1 is 1.30 bits per heavy atom. The molecule has 0 saturated carbocycles. The van der Waals surface area contributed by atoms with Crippen molar-refractivity contribution in [3.63, 3.8) is 0 Å². The maximum atomic E-state index is 12.3. The van der Waals surface area contributed by atoms with E-state index in [-0.39, 0.29) is 11.9 Å². The van der Waals surface area contributed by atoms with Gasteiger partial charge in [0.2, 0.25) is 0 Å². The largest absolute Gasteiger partial charge is 0.378 e. The van der Waals surface area contributed by atoms with Crippen LogP contribution in [0.25, 0.3) is 0 Å². The molecule has 0 saturated heterocycles. The quantitative estimate of drug-likeness (QED) is 0.927. The van der Waals surface area contributed by atoms with Gasteiger partial charge in [0.05, 0.1) is 10.4 Å². The highest BCUT2D eigenvalue weighted by atomic mass is 35.5. The number of hydrogen-bond donors (Lipinski definition) is 1. The molecular weight excluding hydrogens is 292 g/mol. The summed E-state index contributed by atoms with van der Waals surface area (Å²) in [4.78, 5) is 15.3. The Balaban J connectivity index is 2.10. The molecule has 0 unspecified atom stereocenters. The van der Waals surface area contributed by atoms with E-state index in [2.05, 4.69) is 5.32 Å². The third-order valence-corrected chi connectivity index (χ3v) is 4.41. The maximum absolute atomic E-state index is 12.3. The molecule has 0 aliphatic carbocycles. The number of carbonyl (C=O) groups excluding carboxylic acids is 1. The molecule has 1 N–H and O–H groups in total. The van der Waals surface area contributed by atoms with E-state index in [0.29, 0.717) is 5.56 Å². The van der Waals surface area contributed by atoms with Gasteiger partial charge in [0, 0.05) is 30.2 Å². The molecule has 1 aromatic heterocycles. The number of nitrogens with zero attached hydrogens (tertiary/aromatic N) is 1. The Bertz CT molecular complexity index is 609. The zero-order valence-electron chi connectivity index (χ0n) is 11.7. The lowest BCUT2D eigenvalue weighted by Gasteiger charge is -2.15. The summed E-state index contributed by atoms with van der Waals surface area (Å²) in [5.41, 5.74) is 1.66. The Hall–Kier alpha value is -1.52. The number of carbonyl (C=O) groups is 1. The normalized spacial score (nSPS) is 12.0. The number of halogens is 1. The fourth-order valence-corrected chi connectivity index (χ4v) is 2.90. The standard InChI is InChI=1S/C15H17ClN2OS/c1-10(13-7-8-14(16)20-13)17-15(19)11-5-4-6-12(9-11)18(2)3/h4-10H,1-3H3,(H,17,19)/t10-/m0/s1. The van der Waals surface area contributed by atoms with E-state index in [1.54, 1.807) is 0 Å². The van der Waals surface area contributed by atoms with E-state index < -0.39 is 0 Å². The predicted octanol–water partition coefficient (Wildman–Crippen LogP) is 3.96. The van der Waals surface area contributed by atoms with Gasteiger partial charge in [0.1, 0.15) is 0 Å². The lowest BCUT2D eigenvalue weighted by molar-refractivity contribution is 0.0940. The Labute approximate surface area is 128 Å². The van der Waals surface area contributed by atoms with Crippen molar-refractivity contribution in [2.45, 2.75) is 13.0 Å². The number of rotatable bonds is 4. The number of hydrogen-bond acceptors (Lipinski definition) is 3. The molecule has 3 nitrogen and oxygen atoms in total. The van der Waals surface area contributed by atoms with Crippen LogP contribution < -0.4 is 10.2 Å². The third kappa shape index (κ3) is 3.52. The van der Waals surface area contributed by atoms with Crippen molar-refractivity contribution >= 4 is 34.5 Å². The molecule has 0 aliphatic heterocycles. The Morgan fingerprint density at radius 3 is 2.65 bits per heavy atom. The number of benzene rings is 1. The lowest BCUT2D eigenvalue weighted by Crippen LogP contribution is -2.26. The van der Waals surface area contributed by atoms with Crippen LogP contribution in [0.4, 0.5) is 5.69 Å². The van der Waals surface area contributed by atoms with Crippen LogP contribution >= 0.6 is 22.9 Å². The first-order valence-corrected chi connectivity index (χ1v) is 7.50. The van der Waals surface area contributed by atoms with Gasteiger partial charge < -0.3 is 10.2 Å². The summed E-state index contributed by atoms with van der Waals surface area (Å²) in [7, 11) is 3.90. The summed E-state index contributed by atoms with van der Waals surface area (Å²) >= 11 is 7.40. The maximum Gasteiger partial charge on any atom is 0.251 e. The summed E-state index contributed by atoms with van der Waals surface area (Å²) in [5.74, 6) is -0.0780. The van der Waals surface area contributed by atoms with Gasteiger partial charge in [-0.25, -0.2) is 0 Å². The van der Waals surface area contributed by atoms with Gasteiger partial charge in [-0.05, 0) is 37.3 Å². The topological polar surface area (TPSA) is 32.3 Å². The molecule has 0 spiro atoms. The van der Waals surface area contributed by atoms with Crippen LogP contribution in [0.1, 0.15) is 28.2 Å². The molecule has 0 bridgehead atoms. The molecule has 106 valence electrons. The first-order chi connectivity index (χ1) is 9.47. The van der Waals surface area contributed by atoms with Gasteiger partial charge in [-0.15, -0.1) is 11.3 Å². The van der Waals surface area contributed by atoms with Gasteiger partial charge in [0.15, 0.2) is 0 Å². The number of amides is 1. The Morgan fingerprint density at radius 2 is 2.05 bits per heavy atom. The van der Waals surface area contributed by atoms with Gasteiger partial charge in [-0.3, -0.25) is 4.79 Å². The third-order valence-electron chi connectivity index (χ3n) is 2.99. The van der Waals surface area contributed by atoms with Crippen LogP contribution in [0.2, 0.25) is 4.34 Å². The van der Waals surface area contributed by atoms with Crippen molar-refractivity contribution in [2.24, 2.45) is 0 Å². The summed E-state index contributed by atoms with van der Waals surface area (Å²) in [6.07, 6.45) is 0.